The molecule has 2 saturated carbocycles. The lowest BCUT2D eigenvalue weighted by Crippen LogP contribution is -2.58. The molecule has 6 amide bonds. The molecule has 14 nitrogen and oxygen atoms in total. The van der Waals surface area contributed by atoms with Gasteiger partial charge in [-0.1, -0.05) is 55.8 Å². The van der Waals surface area contributed by atoms with Crippen molar-refractivity contribution in [1.82, 2.24) is 30.5 Å². The molecule has 270 valence electrons. The zero-order valence-corrected chi connectivity index (χ0v) is 29.1. The molecule has 1 saturated heterocycles. The molecule has 0 unspecified atom stereocenters. The van der Waals surface area contributed by atoms with Crippen LogP contribution in [0.15, 0.2) is 48.8 Å². The molecule has 15 heteroatoms. The summed E-state index contributed by atoms with van der Waals surface area (Å²) in [6, 6.07) is 4.84. The number of carbonyl (C=O) groups is 5. The van der Waals surface area contributed by atoms with E-state index in [-0.39, 0.29) is 37.6 Å². The molecule has 0 aromatic heterocycles. The molecule has 5 aliphatic rings. The molecular weight excluding hydrogens is 664 g/mol. The fourth-order valence-electron chi connectivity index (χ4n) is 7.17. The van der Waals surface area contributed by atoms with Crippen LogP contribution in [0.2, 0.25) is 0 Å². The van der Waals surface area contributed by atoms with E-state index >= 15 is 0 Å². The van der Waals surface area contributed by atoms with E-state index in [1.165, 1.54) is 17.4 Å². The number of fused-ring (bicyclic) bond motifs is 3. The number of alkyl carbamates (subject to hydrolysis) is 1. The van der Waals surface area contributed by atoms with Gasteiger partial charge >= 0.3 is 12.1 Å². The summed E-state index contributed by atoms with van der Waals surface area (Å²) in [5, 5.41) is 7.85. The normalized spacial score (nSPS) is 29.1. The monoisotopic (exact) mass is 710 g/mol. The van der Waals surface area contributed by atoms with Crippen LogP contribution in [0.3, 0.4) is 0 Å². The van der Waals surface area contributed by atoms with Gasteiger partial charge in [0.25, 0.3) is 5.91 Å². The molecule has 3 heterocycles. The minimum absolute atomic E-state index is 0.0145. The molecule has 2 aliphatic carbocycles. The molecule has 1 aromatic carbocycles. The van der Waals surface area contributed by atoms with Crippen LogP contribution in [0, 0.1) is 5.92 Å². The van der Waals surface area contributed by atoms with E-state index in [0.717, 1.165) is 18.4 Å². The first kappa shape index (κ1) is 35.4. The van der Waals surface area contributed by atoms with Crippen molar-refractivity contribution in [3.05, 3.63) is 59.9 Å². The number of benzene rings is 1. The van der Waals surface area contributed by atoms with Gasteiger partial charge in [0, 0.05) is 25.6 Å². The van der Waals surface area contributed by atoms with Crippen molar-refractivity contribution < 1.29 is 37.1 Å². The maximum Gasteiger partial charge on any atom is 0.412 e. The third-order valence-corrected chi connectivity index (χ3v) is 12.0. The summed E-state index contributed by atoms with van der Waals surface area (Å²) in [6.07, 6.45) is 7.93. The third-order valence-electron chi connectivity index (χ3n) is 10.2. The van der Waals surface area contributed by atoms with Gasteiger partial charge in [0.1, 0.15) is 17.6 Å². The first-order valence-electron chi connectivity index (χ1n) is 17.5. The van der Waals surface area contributed by atoms with Gasteiger partial charge in [-0.15, -0.1) is 0 Å². The topological polar surface area (TPSA) is 183 Å². The molecule has 0 spiro atoms. The minimum Gasteiger partial charge on any atom is -0.416 e. The Morgan fingerprint density at radius 3 is 2.54 bits per heavy atom. The first-order chi connectivity index (χ1) is 23.9. The summed E-state index contributed by atoms with van der Waals surface area (Å²) < 4.78 is 32.8. The molecule has 5 atom stereocenters. The van der Waals surface area contributed by atoms with E-state index < -0.39 is 68.7 Å². The summed E-state index contributed by atoms with van der Waals surface area (Å²) in [6.45, 7) is 6.01. The average Bonchev–Trinajstić information content (AvgIpc) is 3.99. The zero-order chi connectivity index (χ0) is 35.6. The lowest BCUT2D eigenvalue weighted by atomic mass is 10.0. The van der Waals surface area contributed by atoms with Gasteiger partial charge < -0.3 is 30.5 Å². The SMILES string of the molecule is C=C(C)OC(=O)N[C@H]1CCCCC/C=C\[C@@H]2C[C@@]2(C(=O)NS(=O)(=O)C2CC2)NC(=O)[C@@H]2C[C@@H](NC(=O)N3CCc4ccccc4C3)CN2C1=O. The van der Waals surface area contributed by atoms with E-state index in [1.807, 2.05) is 36.4 Å². The maximum absolute atomic E-state index is 14.2. The van der Waals surface area contributed by atoms with Crippen molar-refractivity contribution in [1.29, 1.82) is 0 Å². The molecule has 4 N–H and O–H groups in total. The van der Waals surface area contributed by atoms with Crippen LogP contribution in [-0.4, -0.2) is 90.1 Å². The fraction of sp³-hybridized carbons (Fsp3) is 0.571. The van der Waals surface area contributed by atoms with E-state index in [9.17, 15) is 32.4 Å². The second-order valence-electron chi connectivity index (χ2n) is 14.1. The number of nitrogens with zero attached hydrogens (tertiary/aromatic N) is 2. The standard InChI is InChI=1S/C35H46N6O8S/c1-22(2)49-34(46)37-28-13-7-5-3-4-6-12-25-19-35(25,32(44)39-50(47,48)27-14-15-27)38-30(42)29-18-26(21-41(29)31(28)43)36-33(45)40-17-16-23-10-8-9-11-24(23)20-40/h6,8-12,25-29H,1,3-5,7,13-21H2,2H3,(H,36,45)(H,37,46)(H,38,42)(H,39,44)/b12-6-/t25-,26-,28+,29+,35-/m1/s1. The minimum atomic E-state index is -3.89. The van der Waals surface area contributed by atoms with Gasteiger partial charge in [-0.2, -0.15) is 0 Å². The summed E-state index contributed by atoms with van der Waals surface area (Å²) in [7, 11) is -3.89. The lowest BCUT2D eigenvalue weighted by molar-refractivity contribution is -0.141. The molecule has 1 aromatic rings. The van der Waals surface area contributed by atoms with Crippen molar-refractivity contribution in [2.24, 2.45) is 5.92 Å². The number of amides is 6. The van der Waals surface area contributed by atoms with Gasteiger partial charge in [-0.05, 0) is 69.4 Å². The van der Waals surface area contributed by atoms with Crippen LogP contribution >= 0.6 is 0 Å². The van der Waals surface area contributed by atoms with Gasteiger partial charge in [-0.25, -0.2) is 18.0 Å². The summed E-state index contributed by atoms with van der Waals surface area (Å²) in [5.74, 6) is -2.26. The number of allylic oxidation sites excluding steroid dienone is 2. The quantitative estimate of drug-likeness (QED) is 0.256. The molecular formula is C35H46N6O8S. The van der Waals surface area contributed by atoms with Crippen molar-refractivity contribution >= 4 is 39.9 Å². The average molecular weight is 711 g/mol. The van der Waals surface area contributed by atoms with Crippen LogP contribution in [0.25, 0.3) is 0 Å². The Labute approximate surface area is 292 Å². The van der Waals surface area contributed by atoms with Crippen molar-refractivity contribution in [3.8, 4) is 0 Å². The van der Waals surface area contributed by atoms with Gasteiger partial charge in [0.15, 0.2) is 0 Å². The summed E-state index contributed by atoms with van der Waals surface area (Å²) >= 11 is 0. The van der Waals surface area contributed by atoms with Crippen LogP contribution in [-0.2, 0) is 42.1 Å². The van der Waals surface area contributed by atoms with Crippen LogP contribution in [0.1, 0.15) is 75.8 Å². The van der Waals surface area contributed by atoms with Gasteiger partial charge in [0.05, 0.1) is 17.1 Å². The number of carbonyl (C=O) groups excluding carboxylic acids is 5. The second kappa shape index (κ2) is 14.4. The largest absolute Gasteiger partial charge is 0.416 e. The van der Waals surface area contributed by atoms with Crippen molar-refractivity contribution in [2.45, 2.75) is 107 Å². The van der Waals surface area contributed by atoms with E-state index in [1.54, 1.807) is 4.90 Å². The Kier molecular flexibility index (Phi) is 10.2. The maximum atomic E-state index is 14.2. The molecule has 6 rings (SSSR count). The molecule has 0 bridgehead atoms. The number of rotatable bonds is 6. The number of urea groups is 1. The predicted molar refractivity (Wildman–Crippen MR) is 183 cm³/mol. The highest BCUT2D eigenvalue weighted by molar-refractivity contribution is 7.91. The number of ether oxygens (including phenoxy) is 1. The highest BCUT2D eigenvalue weighted by Gasteiger charge is 2.62. The Morgan fingerprint density at radius 1 is 1.04 bits per heavy atom. The first-order valence-corrected chi connectivity index (χ1v) is 19.0. The fourth-order valence-corrected chi connectivity index (χ4v) is 8.53. The van der Waals surface area contributed by atoms with Crippen LogP contribution in [0.4, 0.5) is 9.59 Å². The number of nitrogens with one attached hydrogen (secondary N) is 4. The number of hydrogen-bond acceptors (Lipinski definition) is 8. The Morgan fingerprint density at radius 2 is 1.80 bits per heavy atom. The van der Waals surface area contributed by atoms with Crippen LogP contribution in [0.5, 0.6) is 0 Å². The smallest absolute Gasteiger partial charge is 0.412 e. The number of hydrogen-bond donors (Lipinski definition) is 4. The second-order valence-corrected chi connectivity index (χ2v) is 16.1. The predicted octanol–water partition coefficient (Wildman–Crippen LogP) is 2.36. The summed E-state index contributed by atoms with van der Waals surface area (Å²) in [4.78, 5) is 71.2. The van der Waals surface area contributed by atoms with E-state index in [2.05, 4.69) is 27.3 Å². The highest BCUT2D eigenvalue weighted by Crippen LogP contribution is 2.46. The van der Waals surface area contributed by atoms with Gasteiger partial charge in [-0.3, -0.25) is 19.1 Å². The van der Waals surface area contributed by atoms with Crippen LogP contribution < -0.4 is 20.7 Å². The Hall–Kier alpha value is -4.40. The molecule has 3 aliphatic heterocycles. The van der Waals surface area contributed by atoms with E-state index in [4.69, 9.17) is 4.74 Å². The zero-order valence-electron chi connectivity index (χ0n) is 28.3. The van der Waals surface area contributed by atoms with Gasteiger partial charge in [0.2, 0.25) is 21.8 Å². The highest BCUT2D eigenvalue weighted by atomic mass is 32.2. The number of sulfonamides is 1. The van der Waals surface area contributed by atoms with E-state index in [0.29, 0.717) is 45.2 Å². The Bertz CT molecular complexity index is 1690. The summed E-state index contributed by atoms with van der Waals surface area (Å²) in [5.41, 5.74) is 0.736. The van der Waals surface area contributed by atoms with Crippen molar-refractivity contribution in [3.63, 3.8) is 0 Å². The third kappa shape index (κ3) is 7.98. The molecule has 0 radical (unpaired) electrons. The molecule has 3 fully saturated rings. The lowest BCUT2D eigenvalue weighted by Gasteiger charge is -2.30. The molecule has 50 heavy (non-hydrogen) atoms. The Balaban J connectivity index is 1.24. The van der Waals surface area contributed by atoms with Crippen molar-refractivity contribution in [2.75, 3.05) is 13.1 Å².